The van der Waals surface area contributed by atoms with Crippen LogP contribution in [0.3, 0.4) is 0 Å². The summed E-state index contributed by atoms with van der Waals surface area (Å²) in [4.78, 5) is 9.45. The van der Waals surface area contributed by atoms with Gasteiger partial charge in [0.1, 0.15) is 18.1 Å². The first-order valence-electron chi connectivity index (χ1n) is 14.7. The third kappa shape index (κ3) is 9.78. The highest BCUT2D eigenvalue weighted by Gasteiger charge is 2.13. The molecule has 2 aliphatic rings. The van der Waals surface area contributed by atoms with Crippen molar-refractivity contribution in [2.24, 2.45) is 14.1 Å². The number of hydrogen-bond donors (Lipinski definition) is 2. The largest absolute Gasteiger partial charge is 0.508 e. The van der Waals surface area contributed by atoms with Crippen molar-refractivity contribution >= 4 is 30.2 Å². The van der Waals surface area contributed by atoms with Crippen LogP contribution >= 0.6 is 0 Å². The lowest BCUT2D eigenvalue weighted by Crippen LogP contribution is -2.45. The molecule has 10 heteroatoms. The Morgan fingerprint density at radius 2 is 1.14 bits per heavy atom. The second kappa shape index (κ2) is 16.6. The van der Waals surface area contributed by atoms with Crippen LogP contribution in [-0.2, 0) is 14.1 Å². The molecule has 2 saturated heterocycles. The zero-order valence-electron chi connectivity index (χ0n) is 25.8. The summed E-state index contributed by atoms with van der Waals surface area (Å²) in [5.41, 5.74) is 2.28. The molecule has 2 aromatic carbocycles. The zero-order valence-corrected chi connectivity index (χ0v) is 25.8. The van der Waals surface area contributed by atoms with E-state index in [1.165, 1.54) is 10.9 Å². The Bertz CT molecular complexity index is 1340. The topological polar surface area (TPSA) is 72.5 Å². The number of β-amino-alcohol motifs (C(OH)–C–C–N with tert-alkyl or cyclic N) is 1. The number of likely N-dealkylation sites (N-methyl/N-ethyl adjacent to an activating group) is 2. The average Bonchev–Trinajstić information content (AvgIpc) is 3.53. The van der Waals surface area contributed by atoms with E-state index in [0.717, 1.165) is 88.7 Å². The number of fused-ring (bicyclic) bond motifs is 2. The lowest BCUT2D eigenvalue weighted by Gasteiger charge is -2.32. The van der Waals surface area contributed by atoms with Gasteiger partial charge >= 0.3 is 0 Å². The van der Waals surface area contributed by atoms with Crippen molar-refractivity contribution in [2.45, 2.75) is 0 Å². The van der Waals surface area contributed by atoms with Gasteiger partial charge in [0.25, 0.3) is 0 Å². The molecule has 4 heterocycles. The van der Waals surface area contributed by atoms with Gasteiger partial charge in [-0.25, -0.2) is 0 Å². The minimum Gasteiger partial charge on any atom is -0.508 e. The zero-order chi connectivity index (χ0) is 29.2. The molecule has 2 fully saturated rings. The predicted octanol–water partition coefficient (Wildman–Crippen LogP) is 2.53. The van der Waals surface area contributed by atoms with E-state index >= 15 is 0 Å². The van der Waals surface area contributed by atoms with Gasteiger partial charge in [0.2, 0.25) is 0 Å². The van der Waals surface area contributed by atoms with Crippen molar-refractivity contribution in [3.63, 3.8) is 0 Å². The van der Waals surface area contributed by atoms with Gasteiger partial charge in [-0.3, -0.25) is 9.80 Å². The Kier molecular flexibility index (Phi) is 13.2. The van der Waals surface area contributed by atoms with Crippen molar-refractivity contribution in [2.75, 3.05) is 92.8 Å². The molecular formula is C32H48BN6O3. The van der Waals surface area contributed by atoms with E-state index in [1.807, 2.05) is 29.9 Å². The van der Waals surface area contributed by atoms with Gasteiger partial charge in [-0.2, -0.15) is 0 Å². The van der Waals surface area contributed by atoms with Crippen LogP contribution in [0.4, 0.5) is 0 Å². The fourth-order valence-electron chi connectivity index (χ4n) is 5.16. The molecule has 0 amide bonds. The number of aliphatic hydroxyl groups excluding tert-OH is 1. The lowest BCUT2D eigenvalue weighted by molar-refractivity contribution is 0.128. The molecule has 0 bridgehead atoms. The SMILES string of the molecule is CN1CCN(CCO)CC1.CN1CCN(CCOc2ccc3ccn(C)c3c2)CC1.Cn1ccc2ccc(O)cc21.[B]. The van der Waals surface area contributed by atoms with Crippen LogP contribution in [0.25, 0.3) is 21.8 Å². The van der Waals surface area contributed by atoms with E-state index in [-0.39, 0.29) is 8.41 Å². The van der Waals surface area contributed by atoms with Crippen molar-refractivity contribution in [3.8, 4) is 11.5 Å². The van der Waals surface area contributed by atoms with Crippen LogP contribution in [-0.4, -0.2) is 140 Å². The van der Waals surface area contributed by atoms with Gasteiger partial charge in [-0.1, -0.05) is 0 Å². The third-order valence-corrected chi connectivity index (χ3v) is 8.02. The Hall–Kier alpha value is -3.02. The summed E-state index contributed by atoms with van der Waals surface area (Å²) < 4.78 is 10.0. The number of aromatic nitrogens is 2. The summed E-state index contributed by atoms with van der Waals surface area (Å²) in [5, 5.41) is 20.2. The maximum absolute atomic E-state index is 9.16. The predicted molar refractivity (Wildman–Crippen MR) is 174 cm³/mol. The van der Waals surface area contributed by atoms with Gasteiger partial charge in [-0.05, 0) is 61.3 Å². The number of rotatable bonds is 6. The summed E-state index contributed by atoms with van der Waals surface area (Å²) in [5.74, 6) is 1.28. The highest BCUT2D eigenvalue weighted by molar-refractivity contribution is 5.82. The van der Waals surface area contributed by atoms with E-state index in [0.29, 0.717) is 12.4 Å². The van der Waals surface area contributed by atoms with E-state index in [2.05, 4.69) is 75.8 Å². The molecule has 4 aromatic rings. The van der Waals surface area contributed by atoms with Gasteiger partial charge in [-0.15, -0.1) is 0 Å². The Labute approximate surface area is 253 Å². The van der Waals surface area contributed by atoms with Crippen LogP contribution in [0.1, 0.15) is 0 Å². The number of piperazine rings is 2. The summed E-state index contributed by atoms with van der Waals surface area (Å²) >= 11 is 0. The molecule has 3 radical (unpaired) electrons. The molecule has 0 spiro atoms. The number of aryl methyl sites for hydroxylation is 2. The van der Waals surface area contributed by atoms with E-state index < -0.39 is 0 Å². The minimum atomic E-state index is 0. The number of phenols is 1. The standard InChI is InChI=1S/C16H23N3O.C9H9NO.C7H16N2O.B/c1-17-7-9-19(10-8-17)11-12-20-15-4-3-14-5-6-18(2)16(14)13-15;1-10-5-4-7-2-3-8(11)6-9(7)10;1-8-2-4-9(5-3-8)6-7-10;/h3-6,13H,7-12H2,1-2H3;2-6,11H,1H3;10H,2-7H2,1H3;. The number of benzene rings is 2. The molecule has 0 atom stereocenters. The van der Waals surface area contributed by atoms with Crippen LogP contribution < -0.4 is 4.74 Å². The van der Waals surface area contributed by atoms with E-state index in [1.54, 1.807) is 12.1 Å². The molecule has 0 aliphatic carbocycles. The normalized spacial score (nSPS) is 16.8. The summed E-state index contributed by atoms with van der Waals surface area (Å²) in [6.07, 6.45) is 4.06. The monoisotopic (exact) mass is 575 g/mol. The minimum absolute atomic E-state index is 0. The lowest BCUT2D eigenvalue weighted by atomic mass is 10.2. The van der Waals surface area contributed by atoms with Gasteiger partial charge in [0, 0.05) is 112 Å². The van der Waals surface area contributed by atoms with Crippen LogP contribution in [0.15, 0.2) is 60.9 Å². The smallest absolute Gasteiger partial charge is 0.121 e. The number of nitrogens with zero attached hydrogens (tertiary/aromatic N) is 6. The van der Waals surface area contributed by atoms with Crippen molar-refractivity contribution in [3.05, 3.63) is 60.9 Å². The number of ether oxygens (including phenoxy) is 1. The number of hydrogen-bond acceptors (Lipinski definition) is 7. The Balaban J connectivity index is 0.000000187. The molecule has 42 heavy (non-hydrogen) atoms. The van der Waals surface area contributed by atoms with Gasteiger partial charge < -0.3 is 33.9 Å². The second-order valence-corrected chi connectivity index (χ2v) is 11.2. The molecular weight excluding hydrogens is 527 g/mol. The number of phenolic OH excluding ortho intramolecular Hbond substituents is 1. The first kappa shape index (κ1) is 33.5. The van der Waals surface area contributed by atoms with Gasteiger partial charge in [0.15, 0.2) is 0 Å². The highest BCUT2D eigenvalue weighted by Crippen LogP contribution is 2.21. The van der Waals surface area contributed by atoms with Gasteiger partial charge in [0.05, 0.1) is 17.6 Å². The molecule has 2 N–H and O–H groups in total. The van der Waals surface area contributed by atoms with Crippen LogP contribution in [0, 0.1) is 0 Å². The molecule has 2 aromatic heterocycles. The van der Waals surface area contributed by atoms with Crippen molar-refractivity contribution in [1.82, 2.24) is 28.7 Å². The maximum atomic E-state index is 9.16. The molecule has 2 aliphatic heterocycles. The fourth-order valence-corrected chi connectivity index (χ4v) is 5.16. The molecule has 0 saturated carbocycles. The van der Waals surface area contributed by atoms with Crippen molar-refractivity contribution in [1.29, 1.82) is 0 Å². The quantitative estimate of drug-likeness (QED) is 0.343. The summed E-state index contributed by atoms with van der Waals surface area (Å²) in [7, 11) is 8.34. The third-order valence-electron chi connectivity index (χ3n) is 8.02. The first-order valence-corrected chi connectivity index (χ1v) is 14.7. The molecule has 227 valence electrons. The average molecular weight is 576 g/mol. The Morgan fingerprint density at radius 1 is 0.643 bits per heavy atom. The Morgan fingerprint density at radius 3 is 1.69 bits per heavy atom. The highest BCUT2D eigenvalue weighted by atomic mass is 16.5. The molecule has 9 nitrogen and oxygen atoms in total. The fraction of sp³-hybridized carbons (Fsp3) is 0.500. The molecule has 0 unspecified atom stereocenters. The maximum Gasteiger partial charge on any atom is 0.121 e. The molecule has 6 rings (SSSR count). The second-order valence-electron chi connectivity index (χ2n) is 11.2. The van der Waals surface area contributed by atoms with Crippen LogP contribution in [0.5, 0.6) is 11.5 Å². The number of aliphatic hydroxyl groups is 1. The number of aromatic hydroxyl groups is 1. The van der Waals surface area contributed by atoms with Crippen LogP contribution in [0.2, 0.25) is 0 Å². The van der Waals surface area contributed by atoms with Crippen molar-refractivity contribution < 1.29 is 14.9 Å². The van der Waals surface area contributed by atoms with E-state index in [9.17, 15) is 0 Å². The summed E-state index contributed by atoms with van der Waals surface area (Å²) in [6.45, 7) is 12.0. The van der Waals surface area contributed by atoms with E-state index in [4.69, 9.17) is 14.9 Å². The first-order chi connectivity index (χ1) is 19.8. The summed E-state index contributed by atoms with van der Waals surface area (Å²) in [6, 6.07) is 15.8.